The highest BCUT2D eigenvalue weighted by Crippen LogP contribution is 2.29. The van der Waals surface area contributed by atoms with Crippen molar-refractivity contribution in [2.24, 2.45) is 0 Å². The Kier molecular flexibility index (Phi) is 4.86. The maximum absolute atomic E-state index is 12.7. The molecule has 0 radical (unpaired) electrons. The molecular formula is C21H26N6O2S. The normalized spacial score (nSPS) is 17.8. The number of fused-ring (bicyclic) bond motifs is 1. The fourth-order valence-electron chi connectivity index (χ4n) is 4.21. The first-order valence-corrected chi connectivity index (χ1v) is 11.9. The van der Waals surface area contributed by atoms with Gasteiger partial charge in [-0.2, -0.15) is 14.3 Å². The summed E-state index contributed by atoms with van der Waals surface area (Å²) in [6, 6.07) is 8.95. The van der Waals surface area contributed by atoms with Crippen molar-refractivity contribution in [1.82, 2.24) is 19.3 Å². The van der Waals surface area contributed by atoms with Gasteiger partial charge < -0.3 is 15.2 Å². The lowest BCUT2D eigenvalue weighted by Gasteiger charge is -2.17. The number of sulfonamides is 1. The van der Waals surface area contributed by atoms with Gasteiger partial charge in [-0.15, -0.1) is 0 Å². The molecule has 8 nitrogen and oxygen atoms in total. The van der Waals surface area contributed by atoms with Crippen LogP contribution in [0.25, 0.3) is 11.0 Å². The van der Waals surface area contributed by atoms with E-state index >= 15 is 0 Å². The van der Waals surface area contributed by atoms with E-state index in [1.165, 1.54) is 0 Å². The highest BCUT2D eigenvalue weighted by Gasteiger charge is 2.27. The molecule has 2 saturated heterocycles. The van der Waals surface area contributed by atoms with Crippen LogP contribution in [0.3, 0.4) is 0 Å². The first kappa shape index (κ1) is 19.3. The maximum Gasteiger partial charge on any atom is 0.243 e. The predicted molar refractivity (Wildman–Crippen MR) is 118 cm³/mol. The molecule has 2 aromatic heterocycles. The summed E-state index contributed by atoms with van der Waals surface area (Å²) in [5, 5.41) is 4.29. The van der Waals surface area contributed by atoms with Gasteiger partial charge in [-0.25, -0.2) is 8.42 Å². The molecular weight excluding hydrogens is 400 g/mol. The Balaban J connectivity index is 1.45. The molecule has 0 bridgehead atoms. The largest absolute Gasteiger partial charge is 0.343 e. The number of aromatic amines is 1. The molecule has 3 aromatic rings. The monoisotopic (exact) mass is 426 g/mol. The molecule has 2 aliphatic heterocycles. The van der Waals surface area contributed by atoms with Gasteiger partial charge in [0.1, 0.15) is 11.5 Å². The molecule has 4 heterocycles. The number of hydrogen-bond donors (Lipinski definition) is 2. The van der Waals surface area contributed by atoms with E-state index in [-0.39, 0.29) is 0 Å². The molecule has 0 aliphatic carbocycles. The van der Waals surface area contributed by atoms with Gasteiger partial charge in [0, 0.05) is 37.6 Å². The van der Waals surface area contributed by atoms with Crippen LogP contribution < -0.4 is 10.2 Å². The third kappa shape index (κ3) is 3.52. The number of nitrogens with zero attached hydrogens (tertiary/aromatic N) is 4. The van der Waals surface area contributed by atoms with Crippen LogP contribution in [0.1, 0.15) is 31.4 Å². The van der Waals surface area contributed by atoms with Crippen LogP contribution in [0.5, 0.6) is 0 Å². The lowest BCUT2D eigenvalue weighted by Crippen LogP contribution is -2.27. The number of hydrogen-bond acceptors (Lipinski definition) is 6. The van der Waals surface area contributed by atoms with Crippen molar-refractivity contribution < 1.29 is 8.42 Å². The van der Waals surface area contributed by atoms with Gasteiger partial charge in [-0.1, -0.05) is 0 Å². The zero-order valence-electron chi connectivity index (χ0n) is 17.1. The Bertz CT molecular complexity index is 1160. The smallest absolute Gasteiger partial charge is 0.243 e. The Morgan fingerprint density at radius 3 is 2.33 bits per heavy atom. The van der Waals surface area contributed by atoms with Crippen molar-refractivity contribution in [2.45, 2.75) is 37.5 Å². The standard InChI is InChI=1S/C21H26N6O2S/c1-15-14-18-19(22-15)24-21(26-10-2-3-11-26)25-20(18)23-16-6-8-17(9-7-16)30(28,29)27-12-4-5-13-27/h6-9,14H,2-5,10-13H2,1H3,(H2,22,23,24,25). The van der Waals surface area contributed by atoms with Crippen molar-refractivity contribution in [2.75, 3.05) is 36.4 Å². The molecule has 158 valence electrons. The van der Waals surface area contributed by atoms with Crippen LogP contribution in [0.4, 0.5) is 17.5 Å². The van der Waals surface area contributed by atoms with E-state index < -0.39 is 10.0 Å². The second-order valence-corrected chi connectivity index (χ2v) is 9.98. The molecule has 0 unspecified atom stereocenters. The summed E-state index contributed by atoms with van der Waals surface area (Å²) in [7, 11) is -3.41. The summed E-state index contributed by atoms with van der Waals surface area (Å²) in [5.74, 6) is 1.44. The second kappa shape index (κ2) is 7.55. The van der Waals surface area contributed by atoms with Gasteiger partial charge in [0.05, 0.1) is 10.3 Å². The number of H-pyrrole nitrogens is 1. The highest BCUT2D eigenvalue weighted by atomic mass is 32.2. The van der Waals surface area contributed by atoms with Crippen LogP contribution in [-0.2, 0) is 10.0 Å². The van der Waals surface area contributed by atoms with Crippen molar-refractivity contribution in [3.05, 3.63) is 36.0 Å². The third-order valence-corrected chi connectivity index (χ3v) is 7.73. The van der Waals surface area contributed by atoms with Crippen LogP contribution in [0.2, 0.25) is 0 Å². The van der Waals surface area contributed by atoms with E-state index in [1.807, 2.05) is 13.0 Å². The topological polar surface area (TPSA) is 94.2 Å². The predicted octanol–water partition coefficient (Wildman–Crippen LogP) is 3.39. The van der Waals surface area contributed by atoms with Crippen LogP contribution in [-0.4, -0.2) is 53.9 Å². The molecule has 2 fully saturated rings. The SMILES string of the molecule is Cc1cc2c(Nc3ccc(S(=O)(=O)N4CCCC4)cc3)nc(N3CCCC3)nc2[nH]1. The highest BCUT2D eigenvalue weighted by molar-refractivity contribution is 7.89. The summed E-state index contributed by atoms with van der Waals surface area (Å²) < 4.78 is 27.1. The zero-order chi connectivity index (χ0) is 20.7. The van der Waals surface area contributed by atoms with E-state index in [2.05, 4.69) is 15.2 Å². The zero-order valence-corrected chi connectivity index (χ0v) is 17.9. The third-order valence-electron chi connectivity index (χ3n) is 5.82. The molecule has 9 heteroatoms. The quantitative estimate of drug-likeness (QED) is 0.649. The van der Waals surface area contributed by atoms with E-state index in [9.17, 15) is 8.42 Å². The molecule has 0 spiro atoms. The van der Waals surface area contributed by atoms with E-state index in [0.29, 0.717) is 18.0 Å². The van der Waals surface area contributed by atoms with E-state index in [1.54, 1.807) is 28.6 Å². The van der Waals surface area contributed by atoms with Crippen LogP contribution >= 0.6 is 0 Å². The Morgan fingerprint density at radius 2 is 1.63 bits per heavy atom. The first-order valence-electron chi connectivity index (χ1n) is 10.5. The molecule has 0 atom stereocenters. The molecule has 0 saturated carbocycles. The lowest BCUT2D eigenvalue weighted by molar-refractivity contribution is 0.477. The van der Waals surface area contributed by atoms with Gasteiger partial charge in [0.2, 0.25) is 16.0 Å². The molecule has 5 rings (SSSR count). The number of anilines is 3. The molecule has 2 aliphatic rings. The summed E-state index contributed by atoms with van der Waals surface area (Å²) in [5.41, 5.74) is 2.62. The number of aromatic nitrogens is 3. The number of benzene rings is 1. The second-order valence-electron chi connectivity index (χ2n) is 8.04. The van der Waals surface area contributed by atoms with Gasteiger partial charge in [-0.05, 0) is 62.9 Å². The van der Waals surface area contributed by atoms with Crippen molar-refractivity contribution in [1.29, 1.82) is 0 Å². The summed E-state index contributed by atoms with van der Waals surface area (Å²) >= 11 is 0. The fourth-order valence-corrected chi connectivity index (χ4v) is 5.72. The number of rotatable bonds is 5. The van der Waals surface area contributed by atoms with Gasteiger partial charge >= 0.3 is 0 Å². The first-order chi connectivity index (χ1) is 14.5. The van der Waals surface area contributed by atoms with E-state index in [4.69, 9.17) is 9.97 Å². The molecule has 0 amide bonds. The van der Waals surface area contributed by atoms with E-state index in [0.717, 1.165) is 73.0 Å². The average Bonchev–Trinajstić information content (AvgIpc) is 3.49. The Labute approximate surface area is 176 Å². The molecule has 1 aromatic carbocycles. The fraction of sp³-hybridized carbons (Fsp3) is 0.429. The van der Waals surface area contributed by atoms with Crippen molar-refractivity contribution in [3.8, 4) is 0 Å². The minimum Gasteiger partial charge on any atom is -0.343 e. The van der Waals surface area contributed by atoms with Crippen LogP contribution in [0, 0.1) is 6.92 Å². The summed E-state index contributed by atoms with van der Waals surface area (Å²) in [4.78, 5) is 15.3. The minimum absolute atomic E-state index is 0.332. The molecule has 30 heavy (non-hydrogen) atoms. The van der Waals surface area contributed by atoms with Gasteiger partial charge in [0.15, 0.2) is 0 Å². The Hall–Kier alpha value is -2.65. The minimum atomic E-state index is -3.41. The number of nitrogens with one attached hydrogen (secondary N) is 2. The molecule has 2 N–H and O–H groups in total. The van der Waals surface area contributed by atoms with Crippen molar-refractivity contribution >= 4 is 38.5 Å². The summed E-state index contributed by atoms with van der Waals surface area (Å²) in [6.45, 7) is 5.14. The maximum atomic E-state index is 12.7. The Morgan fingerprint density at radius 1 is 0.967 bits per heavy atom. The van der Waals surface area contributed by atoms with Crippen LogP contribution in [0.15, 0.2) is 35.2 Å². The lowest BCUT2D eigenvalue weighted by atomic mass is 10.3. The van der Waals surface area contributed by atoms with Gasteiger partial charge in [0.25, 0.3) is 0 Å². The van der Waals surface area contributed by atoms with Crippen molar-refractivity contribution in [3.63, 3.8) is 0 Å². The average molecular weight is 427 g/mol. The van der Waals surface area contributed by atoms with Gasteiger partial charge in [-0.3, -0.25) is 0 Å². The number of aryl methyl sites for hydroxylation is 1. The summed E-state index contributed by atoms with van der Waals surface area (Å²) in [6.07, 6.45) is 4.16.